The first-order valence-corrected chi connectivity index (χ1v) is 15.8. The molecule has 9 nitrogen and oxygen atoms in total. The van der Waals surface area contributed by atoms with Gasteiger partial charge < -0.3 is 21.0 Å². The largest absolute Gasteiger partial charge is 0.382 e. The van der Waals surface area contributed by atoms with Gasteiger partial charge in [0.2, 0.25) is 5.91 Å². The lowest BCUT2D eigenvalue weighted by Crippen LogP contribution is -2.12. The van der Waals surface area contributed by atoms with Gasteiger partial charge in [-0.2, -0.15) is 0 Å². The Labute approximate surface area is 280 Å². The van der Waals surface area contributed by atoms with Gasteiger partial charge in [0.25, 0.3) is 0 Å². The Bertz CT molecular complexity index is 2620. The fraction of sp³-hybridized carbons (Fsp3) is 0.0750. The molecule has 0 saturated carbocycles. The highest BCUT2D eigenvalue weighted by Gasteiger charge is 2.12. The second-order valence-electron chi connectivity index (χ2n) is 11.9. The molecule has 0 saturated heterocycles. The van der Waals surface area contributed by atoms with Gasteiger partial charge in [-0.15, -0.1) is 0 Å². The highest BCUT2D eigenvalue weighted by molar-refractivity contribution is 6.05. The number of H-pyrrole nitrogens is 2. The fourth-order valence-corrected chi connectivity index (χ4v) is 5.98. The van der Waals surface area contributed by atoms with Crippen LogP contribution in [0.25, 0.3) is 43.6 Å². The molecule has 2 heterocycles. The smallest absolute Gasteiger partial charge is 0.222 e. The van der Waals surface area contributed by atoms with Crippen LogP contribution < -0.4 is 21.9 Å². The Hall–Kier alpha value is -6.61. The third kappa shape index (κ3) is 6.77. The second kappa shape index (κ2) is 13.2. The number of nitrogens with two attached hydrogens (primary N) is 1. The maximum atomic E-state index is 11.6. The zero-order chi connectivity index (χ0) is 33.9. The van der Waals surface area contributed by atoms with Crippen LogP contribution in [0.5, 0.6) is 0 Å². The number of aromatic amines is 2. The number of benzene rings is 6. The molecule has 49 heavy (non-hydrogen) atoms. The van der Waals surface area contributed by atoms with E-state index in [0.29, 0.717) is 24.5 Å². The van der Waals surface area contributed by atoms with Crippen molar-refractivity contribution in [2.75, 3.05) is 11.1 Å². The predicted molar refractivity (Wildman–Crippen MR) is 197 cm³/mol. The molecule has 0 atom stereocenters. The van der Waals surface area contributed by atoms with Crippen molar-refractivity contribution in [2.24, 2.45) is 0 Å². The predicted octanol–water partition coefficient (Wildman–Crippen LogP) is 6.87. The maximum Gasteiger partial charge on any atom is 0.222 e. The van der Waals surface area contributed by atoms with Crippen LogP contribution in [0.3, 0.4) is 0 Å². The third-order valence-corrected chi connectivity index (χ3v) is 8.30. The van der Waals surface area contributed by atoms with E-state index in [9.17, 15) is 14.4 Å². The van der Waals surface area contributed by atoms with Crippen LogP contribution >= 0.6 is 0 Å². The fourth-order valence-electron chi connectivity index (χ4n) is 5.98. The van der Waals surface area contributed by atoms with E-state index in [-0.39, 0.29) is 16.8 Å². The number of anilines is 2. The average molecular weight is 645 g/mol. The molecule has 0 aliphatic rings. The number of rotatable bonds is 5. The van der Waals surface area contributed by atoms with E-state index < -0.39 is 0 Å². The van der Waals surface area contributed by atoms with Gasteiger partial charge in [-0.25, -0.2) is 9.97 Å². The van der Waals surface area contributed by atoms with Crippen LogP contribution in [0.1, 0.15) is 29.4 Å². The van der Waals surface area contributed by atoms with Gasteiger partial charge in [0, 0.05) is 30.5 Å². The van der Waals surface area contributed by atoms with Gasteiger partial charge in [-0.05, 0) is 70.4 Å². The van der Waals surface area contributed by atoms with Gasteiger partial charge >= 0.3 is 0 Å². The lowest BCUT2D eigenvalue weighted by atomic mass is 10.1. The molecular weight excluding hydrogens is 612 g/mol. The summed E-state index contributed by atoms with van der Waals surface area (Å²) in [6.07, 6.45) is 1.29. The molecule has 0 bridgehead atoms. The number of hydrogen-bond acceptors (Lipinski definition) is 6. The van der Waals surface area contributed by atoms with Crippen LogP contribution in [0.2, 0.25) is 0 Å². The molecule has 0 radical (unpaired) electrons. The highest BCUT2D eigenvalue weighted by atomic mass is 16.1. The molecule has 0 aliphatic heterocycles. The highest BCUT2D eigenvalue weighted by Crippen LogP contribution is 2.27. The maximum absolute atomic E-state index is 11.6. The molecule has 5 N–H and O–H groups in total. The van der Waals surface area contributed by atoms with Crippen molar-refractivity contribution in [1.82, 2.24) is 19.9 Å². The average Bonchev–Trinajstić information content (AvgIpc) is 3.09. The van der Waals surface area contributed by atoms with Gasteiger partial charge in [0.1, 0.15) is 5.82 Å². The van der Waals surface area contributed by atoms with Crippen LogP contribution in [-0.4, -0.2) is 25.8 Å². The van der Waals surface area contributed by atoms with Crippen molar-refractivity contribution < 1.29 is 4.79 Å². The summed E-state index contributed by atoms with van der Waals surface area (Å²) in [5, 5.41) is 6.48. The van der Waals surface area contributed by atoms with E-state index in [1.54, 1.807) is 24.3 Å². The summed E-state index contributed by atoms with van der Waals surface area (Å²) in [5.74, 6) is 0.853. The molecule has 2 aromatic heterocycles. The van der Waals surface area contributed by atoms with E-state index in [2.05, 4.69) is 37.4 Å². The zero-order valence-electron chi connectivity index (χ0n) is 26.7. The Morgan fingerprint density at radius 3 is 1.65 bits per heavy atom. The topological polar surface area (TPSA) is 147 Å². The van der Waals surface area contributed by atoms with Gasteiger partial charge in [-0.1, -0.05) is 72.8 Å². The molecule has 9 heteroatoms. The molecular formula is C40H32N6O3. The Morgan fingerprint density at radius 1 is 0.633 bits per heavy atom. The van der Waals surface area contributed by atoms with Crippen molar-refractivity contribution in [3.05, 3.63) is 164 Å². The van der Waals surface area contributed by atoms with Crippen molar-refractivity contribution >= 4 is 61.2 Å². The van der Waals surface area contributed by atoms with Crippen molar-refractivity contribution in [3.8, 4) is 0 Å². The second-order valence-corrected chi connectivity index (χ2v) is 11.9. The number of carbonyl (C=O) groups is 1. The SMILES string of the molecule is CC(=O)Nc1nc2ccc3cc(=O)ccc3c2[nH]c1Cc1ccccc1.Nc1nc2ccc3cc(=O)ccc3c2[nH]c1Cc1ccccc1. The molecule has 240 valence electrons. The lowest BCUT2D eigenvalue weighted by molar-refractivity contribution is -0.114. The summed E-state index contributed by atoms with van der Waals surface area (Å²) < 4.78 is 0. The molecule has 0 unspecified atom stereocenters. The first-order valence-electron chi connectivity index (χ1n) is 15.8. The summed E-state index contributed by atoms with van der Waals surface area (Å²) in [6, 6.07) is 37.6. The van der Waals surface area contributed by atoms with E-state index in [1.165, 1.54) is 12.5 Å². The summed E-state index contributed by atoms with van der Waals surface area (Å²) in [6.45, 7) is 1.47. The number of amides is 1. The minimum atomic E-state index is -0.170. The zero-order valence-corrected chi connectivity index (χ0v) is 26.7. The molecule has 8 aromatic rings. The number of fused-ring (bicyclic) bond motifs is 6. The van der Waals surface area contributed by atoms with Crippen molar-refractivity contribution in [2.45, 2.75) is 19.8 Å². The first-order chi connectivity index (χ1) is 23.8. The molecule has 0 fully saturated rings. The Kier molecular flexibility index (Phi) is 8.39. The number of carbonyl (C=O) groups excluding carboxylic acids is 1. The number of nitrogens with zero attached hydrogens (tertiary/aromatic N) is 2. The summed E-state index contributed by atoms with van der Waals surface area (Å²) in [7, 11) is 0. The monoisotopic (exact) mass is 644 g/mol. The van der Waals surface area contributed by atoms with Gasteiger partial charge in [0.15, 0.2) is 16.7 Å². The van der Waals surface area contributed by atoms with Crippen LogP contribution in [0.4, 0.5) is 11.6 Å². The van der Waals surface area contributed by atoms with E-state index in [1.807, 2.05) is 84.9 Å². The Balaban J connectivity index is 0.000000155. The summed E-state index contributed by atoms with van der Waals surface area (Å²) in [5.41, 5.74) is 13.3. The minimum Gasteiger partial charge on any atom is -0.382 e. The quantitative estimate of drug-likeness (QED) is 0.150. The first kappa shape index (κ1) is 31.0. The van der Waals surface area contributed by atoms with E-state index in [0.717, 1.165) is 60.6 Å². The molecule has 6 aromatic carbocycles. The van der Waals surface area contributed by atoms with E-state index in [4.69, 9.17) is 5.73 Å². The molecule has 1 amide bonds. The third-order valence-electron chi connectivity index (χ3n) is 8.30. The molecule has 0 aliphatic carbocycles. The van der Waals surface area contributed by atoms with Crippen LogP contribution in [0.15, 0.2) is 131 Å². The Morgan fingerprint density at radius 2 is 1.12 bits per heavy atom. The number of nitrogens with one attached hydrogen (secondary N) is 3. The number of hydrogen-bond donors (Lipinski definition) is 4. The minimum absolute atomic E-state index is 0.00441. The van der Waals surface area contributed by atoms with Crippen LogP contribution in [-0.2, 0) is 17.6 Å². The van der Waals surface area contributed by atoms with E-state index >= 15 is 0 Å². The summed E-state index contributed by atoms with van der Waals surface area (Å²) >= 11 is 0. The van der Waals surface area contributed by atoms with Crippen molar-refractivity contribution in [1.29, 1.82) is 0 Å². The molecule has 8 rings (SSSR count). The normalized spacial score (nSPS) is 11.0. The van der Waals surface area contributed by atoms with Gasteiger partial charge in [0.05, 0.1) is 33.5 Å². The van der Waals surface area contributed by atoms with Crippen LogP contribution in [0, 0.1) is 0 Å². The lowest BCUT2D eigenvalue weighted by Gasteiger charge is -2.13. The summed E-state index contributed by atoms with van der Waals surface area (Å²) in [4.78, 5) is 50.8. The van der Waals surface area contributed by atoms with Gasteiger partial charge in [-0.3, -0.25) is 14.4 Å². The molecule has 0 spiro atoms. The van der Waals surface area contributed by atoms with Crippen molar-refractivity contribution in [3.63, 3.8) is 0 Å². The standard InChI is InChI=1S/C21H17N3O2.C19H15N3O/c1-13(25)22-21-19(11-14-5-3-2-4-6-14)23-20-17-9-8-16(26)12-15(17)7-10-18(20)24-21;20-19-17(10-12-4-2-1-3-5-12)21-18-15-8-7-14(23)11-13(15)6-9-16(18)22-19/h2-10,12,23H,11H2,1H3,(H,22,25);1-9,11,21H,10,20H2. The number of aromatic nitrogens is 4. The number of nitrogen functional groups attached to an aromatic ring is 1.